The van der Waals surface area contributed by atoms with Crippen molar-refractivity contribution in [1.29, 1.82) is 0 Å². The quantitative estimate of drug-likeness (QED) is 0.893. The lowest BCUT2D eigenvalue weighted by molar-refractivity contribution is 0.0783. The summed E-state index contributed by atoms with van der Waals surface area (Å²) in [5.41, 5.74) is 0.692. The van der Waals surface area contributed by atoms with Crippen LogP contribution in [0.3, 0.4) is 0 Å². The Morgan fingerprint density at radius 1 is 1.44 bits per heavy atom. The lowest BCUT2D eigenvalue weighted by Gasteiger charge is -2.16. The van der Waals surface area contributed by atoms with Gasteiger partial charge in [0, 0.05) is 25.4 Å². The first-order chi connectivity index (χ1) is 8.59. The van der Waals surface area contributed by atoms with E-state index in [9.17, 15) is 9.59 Å². The summed E-state index contributed by atoms with van der Waals surface area (Å²) in [7, 11) is 1.65. The van der Waals surface area contributed by atoms with Gasteiger partial charge in [-0.2, -0.15) is 0 Å². The molecular weight excluding hydrogens is 232 g/mol. The maximum Gasteiger partial charge on any atom is 0.260 e. The van der Waals surface area contributed by atoms with E-state index in [1.54, 1.807) is 19.4 Å². The molecule has 0 aromatic carbocycles. The highest BCUT2D eigenvalue weighted by molar-refractivity contribution is 5.93. The predicted molar refractivity (Wildman–Crippen MR) is 66.3 cm³/mol. The number of hydrogen-bond donors (Lipinski definition) is 1. The van der Waals surface area contributed by atoms with Gasteiger partial charge in [-0.05, 0) is 25.1 Å². The minimum absolute atomic E-state index is 0.140. The van der Waals surface area contributed by atoms with Crippen molar-refractivity contribution < 1.29 is 9.21 Å². The van der Waals surface area contributed by atoms with E-state index in [-0.39, 0.29) is 17.0 Å². The van der Waals surface area contributed by atoms with E-state index in [0.29, 0.717) is 6.54 Å². The molecule has 0 saturated heterocycles. The van der Waals surface area contributed by atoms with Crippen LogP contribution in [0.2, 0.25) is 0 Å². The molecule has 0 unspecified atom stereocenters. The van der Waals surface area contributed by atoms with E-state index in [1.165, 1.54) is 17.2 Å². The molecular formula is C13H14N2O3. The van der Waals surface area contributed by atoms with E-state index in [0.717, 1.165) is 11.3 Å². The normalized spacial score (nSPS) is 10.3. The second kappa shape index (κ2) is 4.91. The summed E-state index contributed by atoms with van der Waals surface area (Å²) >= 11 is 0. The molecule has 0 spiro atoms. The smallest absolute Gasteiger partial charge is 0.260 e. The van der Waals surface area contributed by atoms with Gasteiger partial charge in [0.05, 0.1) is 6.26 Å². The second-order valence-corrected chi connectivity index (χ2v) is 4.08. The first-order valence-electron chi connectivity index (χ1n) is 5.55. The first-order valence-corrected chi connectivity index (χ1v) is 5.55. The summed E-state index contributed by atoms with van der Waals surface area (Å²) in [6.07, 6.45) is 3.08. The Morgan fingerprint density at radius 2 is 2.22 bits per heavy atom. The van der Waals surface area contributed by atoms with E-state index in [2.05, 4.69) is 4.98 Å². The summed E-state index contributed by atoms with van der Waals surface area (Å²) in [4.78, 5) is 27.6. The average Bonchev–Trinajstić information content (AvgIpc) is 2.75. The minimum Gasteiger partial charge on any atom is -0.469 e. The molecule has 0 radical (unpaired) electrons. The van der Waals surface area contributed by atoms with Crippen LogP contribution >= 0.6 is 0 Å². The van der Waals surface area contributed by atoms with Crippen molar-refractivity contribution in [3.8, 4) is 0 Å². The number of hydrogen-bond acceptors (Lipinski definition) is 3. The number of H-pyrrole nitrogens is 1. The van der Waals surface area contributed by atoms with Crippen LogP contribution < -0.4 is 5.56 Å². The Morgan fingerprint density at radius 3 is 2.83 bits per heavy atom. The largest absolute Gasteiger partial charge is 0.469 e. The molecule has 18 heavy (non-hydrogen) atoms. The molecule has 0 bridgehead atoms. The van der Waals surface area contributed by atoms with E-state index in [1.807, 2.05) is 13.0 Å². The number of nitrogens with one attached hydrogen (secondary N) is 1. The van der Waals surface area contributed by atoms with Crippen LogP contribution in [-0.2, 0) is 6.54 Å². The molecule has 0 aliphatic rings. The van der Waals surface area contributed by atoms with Gasteiger partial charge in [0.25, 0.3) is 11.5 Å². The number of pyridine rings is 1. The van der Waals surface area contributed by atoms with Crippen LogP contribution in [0.1, 0.15) is 21.7 Å². The summed E-state index contributed by atoms with van der Waals surface area (Å²) in [5.74, 6) is 0.467. The average molecular weight is 246 g/mol. The van der Waals surface area contributed by atoms with Crippen LogP contribution in [0.4, 0.5) is 0 Å². The third-order valence-corrected chi connectivity index (χ3v) is 2.77. The van der Waals surface area contributed by atoms with E-state index in [4.69, 9.17) is 4.42 Å². The number of aryl methyl sites for hydroxylation is 1. The minimum atomic E-state index is -0.377. The summed E-state index contributed by atoms with van der Waals surface area (Å²) in [5, 5.41) is 0. The fourth-order valence-corrected chi connectivity index (χ4v) is 1.70. The van der Waals surface area contributed by atoms with Crippen molar-refractivity contribution in [2.24, 2.45) is 0 Å². The number of aromatic nitrogens is 1. The number of carbonyl (C=O) groups excluding carboxylic acids is 1. The monoisotopic (exact) mass is 246 g/mol. The number of carbonyl (C=O) groups is 1. The van der Waals surface area contributed by atoms with Gasteiger partial charge in [-0.25, -0.2) is 0 Å². The van der Waals surface area contributed by atoms with Gasteiger partial charge in [0.1, 0.15) is 11.3 Å². The van der Waals surface area contributed by atoms with Gasteiger partial charge in [-0.15, -0.1) is 0 Å². The zero-order chi connectivity index (χ0) is 13.1. The Kier molecular flexibility index (Phi) is 3.32. The summed E-state index contributed by atoms with van der Waals surface area (Å²) in [6, 6.07) is 4.96. The predicted octanol–water partition coefficient (Wildman–Crippen LogP) is 1.55. The van der Waals surface area contributed by atoms with Crippen LogP contribution in [0.15, 0.2) is 39.9 Å². The molecule has 0 saturated carbocycles. The van der Waals surface area contributed by atoms with Gasteiger partial charge < -0.3 is 14.3 Å². The molecule has 2 heterocycles. The molecule has 0 fully saturated rings. The fourth-order valence-electron chi connectivity index (χ4n) is 1.70. The maximum atomic E-state index is 12.1. The Balaban J connectivity index is 2.18. The molecule has 5 nitrogen and oxygen atoms in total. The van der Waals surface area contributed by atoms with Gasteiger partial charge in [-0.3, -0.25) is 9.59 Å². The van der Waals surface area contributed by atoms with Crippen LogP contribution in [0.5, 0.6) is 0 Å². The number of nitrogens with zero attached hydrogens (tertiary/aromatic N) is 1. The molecule has 1 amide bonds. The van der Waals surface area contributed by atoms with Crippen molar-refractivity contribution in [1.82, 2.24) is 9.88 Å². The van der Waals surface area contributed by atoms with Crippen LogP contribution in [0.25, 0.3) is 0 Å². The molecule has 94 valence electrons. The number of aromatic amines is 1. The van der Waals surface area contributed by atoms with Crippen molar-refractivity contribution in [3.05, 3.63) is 57.9 Å². The van der Waals surface area contributed by atoms with E-state index >= 15 is 0 Å². The Labute approximate surface area is 104 Å². The SMILES string of the molecule is Cc1occc1CN(C)C(=O)c1ccc[nH]c1=O. The van der Waals surface area contributed by atoms with Crippen LogP contribution in [-0.4, -0.2) is 22.8 Å². The summed E-state index contributed by atoms with van der Waals surface area (Å²) < 4.78 is 5.17. The number of amides is 1. The lowest BCUT2D eigenvalue weighted by atomic mass is 10.2. The zero-order valence-corrected chi connectivity index (χ0v) is 10.3. The molecule has 1 N–H and O–H groups in total. The standard InChI is InChI=1S/C13H14N2O3/c1-9-10(5-7-18-9)8-15(2)13(17)11-4-3-6-14-12(11)16/h3-7H,8H2,1-2H3,(H,14,16). The third-order valence-electron chi connectivity index (χ3n) is 2.77. The Bertz CT molecular complexity index is 612. The molecule has 2 rings (SSSR count). The molecule has 0 atom stereocenters. The number of furan rings is 1. The zero-order valence-electron chi connectivity index (χ0n) is 10.3. The molecule has 2 aromatic rings. The molecule has 5 heteroatoms. The summed E-state index contributed by atoms with van der Waals surface area (Å²) in [6.45, 7) is 2.25. The van der Waals surface area contributed by atoms with Crippen molar-refractivity contribution in [2.75, 3.05) is 7.05 Å². The van der Waals surface area contributed by atoms with Gasteiger partial charge in [-0.1, -0.05) is 0 Å². The second-order valence-electron chi connectivity index (χ2n) is 4.08. The highest BCUT2D eigenvalue weighted by Crippen LogP contribution is 2.12. The topological polar surface area (TPSA) is 66.3 Å². The van der Waals surface area contributed by atoms with Gasteiger partial charge >= 0.3 is 0 Å². The van der Waals surface area contributed by atoms with E-state index < -0.39 is 0 Å². The number of rotatable bonds is 3. The fraction of sp³-hybridized carbons (Fsp3) is 0.231. The Hall–Kier alpha value is -2.30. The third kappa shape index (κ3) is 2.34. The highest BCUT2D eigenvalue weighted by atomic mass is 16.3. The van der Waals surface area contributed by atoms with Gasteiger partial charge in [0.15, 0.2) is 0 Å². The van der Waals surface area contributed by atoms with Gasteiger partial charge in [0.2, 0.25) is 0 Å². The molecule has 2 aromatic heterocycles. The van der Waals surface area contributed by atoms with Crippen molar-refractivity contribution >= 4 is 5.91 Å². The molecule has 0 aliphatic carbocycles. The maximum absolute atomic E-state index is 12.1. The molecule has 0 aliphatic heterocycles. The first kappa shape index (κ1) is 12.2. The van der Waals surface area contributed by atoms with Crippen molar-refractivity contribution in [3.63, 3.8) is 0 Å². The van der Waals surface area contributed by atoms with Crippen LogP contribution in [0, 0.1) is 6.92 Å². The van der Waals surface area contributed by atoms with Crippen molar-refractivity contribution in [2.45, 2.75) is 13.5 Å². The lowest BCUT2D eigenvalue weighted by Crippen LogP contribution is -2.31. The highest BCUT2D eigenvalue weighted by Gasteiger charge is 2.16.